The Morgan fingerprint density at radius 2 is 1.87 bits per heavy atom. The number of nitrogens with one attached hydrogen (secondary N) is 1. The standard InChI is InChI=1S/C20H17ClFN3O4S2/c1-2-11-25-19(27)17(12-18(26)23-15-7-3-13(21)4-8-15)30-20(25)24-31(28,29)16-9-5-14(22)6-10-16/h2-10,17H,1,11-12H2,(H,23,26)/b24-20+. The first kappa shape index (κ1) is 23.0. The molecule has 31 heavy (non-hydrogen) atoms. The molecule has 2 aromatic rings. The molecule has 0 radical (unpaired) electrons. The molecule has 1 N–H and O–H groups in total. The molecule has 1 aliphatic rings. The summed E-state index contributed by atoms with van der Waals surface area (Å²) in [5.41, 5.74) is 0.514. The van der Waals surface area contributed by atoms with Crippen LogP contribution in [-0.4, -0.2) is 42.1 Å². The number of sulfonamides is 1. The van der Waals surface area contributed by atoms with Crippen molar-refractivity contribution in [1.82, 2.24) is 4.90 Å². The highest BCUT2D eigenvalue weighted by molar-refractivity contribution is 8.16. The summed E-state index contributed by atoms with van der Waals surface area (Å²) in [6.07, 6.45) is 1.24. The molecule has 162 valence electrons. The maximum Gasteiger partial charge on any atom is 0.284 e. The lowest BCUT2D eigenvalue weighted by molar-refractivity contribution is -0.127. The number of amides is 2. The van der Waals surface area contributed by atoms with Crippen molar-refractivity contribution >= 4 is 56.1 Å². The monoisotopic (exact) mass is 481 g/mol. The van der Waals surface area contributed by atoms with Gasteiger partial charge in [-0.1, -0.05) is 29.4 Å². The molecule has 1 aliphatic heterocycles. The van der Waals surface area contributed by atoms with Crippen LogP contribution in [0.1, 0.15) is 6.42 Å². The first-order valence-corrected chi connectivity index (χ1v) is 11.6. The van der Waals surface area contributed by atoms with Crippen molar-refractivity contribution in [3.8, 4) is 0 Å². The van der Waals surface area contributed by atoms with Crippen LogP contribution >= 0.6 is 23.4 Å². The topological polar surface area (TPSA) is 95.9 Å². The molecule has 1 heterocycles. The van der Waals surface area contributed by atoms with Crippen LogP contribution in [-0.2, 0) is 19.6 Å². The highest BCUT2D eigenvalue weighted by atomic mass is 35.5. The van der Waals surface area contributed by atoms with Crippen LogP contribution < -0.4 is 5.32 Å². The van der Waals surface area contributed by atoms with Crippen molar-refractivity contribution in [2.45, 2.75) is 16.6 Å². The van der Waals surface area contributed by atoms with Gasteiger partial charge < -0.3 is 5.32 Å². The highest BCUT2D eigenvalue weighted by Gasteiger charge is 2.39. The quantitative estimate of drug-likeness (QED) is 0.608. The Morgan fingerprint density at radius 3 is 2.48 bits per heavy atom. The van der Waals surface area contributed by atoms with Gasteiger partial charge in [0.15, 0.2) is 5.17 Å². The number of benzene rings is 2. The molecule has 1 unspecified atom stereocenters. The number of rotatable bonds is 7. The summed E-state index contributed by atoms with van der Waals surface area (Å²) in [6.45, 7) is 3.59. The Bertz CT molecular complexity index is 1140. The number of hydrogen-bond acceptors (Lipinski definition) is 5. The second-order valence-electron chi connectivity index (χ2n) is 6.41. The molecule has 1 fully saturated rings. The summed E-state index contributed by atoms with van der Waals surface area (Å²) in [6, 6.07) is 10.7. The van der Waals surface area contributed by atoms with Gasteiger partial charge in [-0.25, -0.2) is 4.39 Å². The van der Waals surface area contributed by atoms with E-state index in [1.807, 2.05) is 0 Å². The average molecular weight is 482 g/mol. The molecule has 3 rings (SSSR count). The zero-order valence-electron chi connectivity index (χ0n) is 16.0. The van der Waals surface area contributed by atoms with Crippen molar-refractivity contribution in [2.75, 3.05) is 11.9 Å². The van der Waals surface area contributed by atoms with Crippen LogP contribution in [0.5, 0.6) is 0 Å². The van der Waals surface area contributed by atoms with Crippen molar-refractivity contribution in [3.63, 3.8) is 0 Å². The summed E-state index contributed by atoms with van der Waals surface area (Å²) < 4.78 is 42.0. The molecule has 0 aliphatic carbocycles. The molecule has 1 atom stereocenters. The maximum atomic E-state index is 13.1. The summed E-state index contributed by atoms with van der Waals surface area (Å²) in [4.78, 5) is 26.0. The summed E-state index contributed by atoms with van der Waals surface area (Å²) >= 11 is 6.69. The number of nitrogens with zero attached hydrogens (tertiary/aromatic N) is 2. The average Bonchev–Trinajstić information content (AvgIpc) is 2.98. The van der Waals surface area contributed by atoms with Gasteiger partial charge in [0.05, 0.1) is 4.90 Å². The fraction of sp³-hybridized carbons (Fsp3) is 0.150. The third-order valence-electron chi connectivity index (χ3n) is 4.14. The fourth-order valence-electron chi connectivity index (χ4n) is 2.68. The molecule has 0 spiro atoms. The first-order chi connectivity index (χ1) is 14.7. The Morgan fingerprint density at radius 1 is 1.23 bits per heavy atom. The van der Waals surface area contributed by atoms with Gasteiger partial charge in [0.2, 0.25) is 11.8 Å². The van der Waals surface area contributed by atoms with Gasteiger partial charge in [-0.2, -0.15) is 8.42 Å². The molecule has 0 bridgehead atoms. The Kier molecular flexibility index (Phi) is 7.14. The van der Waals surface area contributed by atoms with Crippen molar-refractivity contribution < 1.29 is 22.4 Å². The Hall–Kier alpha value is -2.69. The number of halogens is 2. The van der Waals surface area contributed by atoms with Gasteiger partial charge in [0, 0.05) is 23.7 Å². The molecular formula is C20H17ClFN3O4S2. The van der Waals surface area contributed by atoms with Gasteiger partial charge in [-0.05, 0) is 48.5 Å². The smallest absolute Gasteiger partial charge is 0.284 e. The van der Waals surface area contributed by atoms with E-state index in [2.05, 4.69) is 16.3 Å². The molecule has 2 amide bonds. The predicted octanol–water partition coefficient (Wildman–Crippen LogP) is 3.68. The third-order valence-corrected chi connectivity index (χ3v) is 6.96. The van der Waals surface area contributed by atoms with E-state index < -0.39 is 32.9 Å². The summed E-state index contributed by atoms with van der Waals surface area (Å²) in [5, 5.41) is 2.26. The second-order valence-corrected chi connectivity index (χ2v) is 9.62. The van der Waals surface area contributed by atoms with E-state index in [1.165, 1.54) is 6.08 Å². The van der Waals surface area contributed by atoms with Crippen LogP contribution in [0.4, 0.5) is 10.1 Å². The van der Waals surface area contributed by atoms with Crippen LogP contribution in [0.3, 0.4) is 0 Å². The summed E-state index contributed by atoms with van der Waals surface area (Å²) in [5.74, 6) is -1.46. The number of carbonyl (C=O) groups excluding carboxylic acids is 2. The molecule has 7 nitrogen and oxygen atoms in total. The fourth-order valence-corrected chi connectivity index (χ4v) is 5.17. The van der Waals surface area contributed by atoms with Crippen molar-refractivity contribution in [1.29, 1.82) is 0 Å². The van der Waals surface area contributed by atoms with Crippen LogP contribution in [0.2, 0.25) is 5.02 Å². The Labute approximate surface area is 188 Å². The number of carbonyl (C=O) groups is 2. The van der Waals surface area contributed by atoms with Gasteiger partial charge in [0.25, 0.3) is 10.0 Å². The van der Waals surface area contributed by atoms with Gasteiger partial charge >= 0.3 is 0 Å². The van der Waals surface area contributed by atoms with Crippen LogP contribution in [0.15, 0.2) is 70.5 Å². The molecule has 1 saturated heterocycles. The number of thioether (sulfide) groups is 1. The van der Waals surface area contributed by atoms with E-state index in [0.29, 0.717) is 10.7 Å². The van der Waals surface area contributed by atoms with Crippen LogP contribution in [0, 0.1) is 5.82 Å². The maximum absolute atomic E-state index is 13.1. The second kappa shape index (κ2) is 9.63. The highest BCUT2D eigenvalue weighted by Crippen LogP contribution is 2.31. The number of amidine groups is 1. The first-order valence-electron chi connectivity index (χ1n) is 8.94. The molecule has 0 saturated carbocycles. The van der Waals surface area contributed by atoms with E-state index in [-0.39, 0.29) is 23.0 Å². The number of anilines is 1. The minimum absolute atomic E-state index is 0.0267. The van der Waals surface area contributed by atoms with E-state index in [0.717, 1.165) is 40.9 Å². The number of hydrogen-bond donors (Lipinski definition) is 1. The van der Waals surface area contributed by atoms with Gasteiger partial charge in [-0.15, -0.1) is 11.0 Å². The van der Waals surface area contributed by atoms with E-state index in [1.54, 1.807) is 24.3 Å². The SMILES string of the molecule is C=CCN1C(=O)C(CC(=O)Nc2ccc(Cl)cc2)S/C1=N/S(=O)(=O)c1ccc(F)cc1. The lowest BCUT2D eigenvalue weighted by atomic mass is 10.2. The van der Waals surface area contributed by atoms with Crippen molar-refractivity contribution in [3.05, 3.63) is 72.0 Å². The van der Waals surface area contributed by atoms with Gasteiger partial charge in [0.1, 0.15) is 11.1 Å². The van der Waals surface area contributed by atoms with Crippen LogP contribution in [0.25, 0.3) is 0 Å². The minimum Gasteiger partial charge on any atom is -0.326 e. The Balaban J connectivity index is 1.78. The summed E-state index contributed by atoms with van der Waals surface area (Å²) in [7, 11) is -4.18. The molecule has 11 heteroatoms. The predicted molar refractivity (Wildman–Crippen MR) is 119 cm³/mol. The lowest BCUT2D eigenvalue weighted by Crippen LogP contribution is -2.33. The minimum atomic E-state index is -4.18. The molecule has 0 aromatic heterocycles. The van der Waals surface area contributed by atoms with Gasteiger partial charge in [-0.3, -0.25) is 14.5 Å². The lowest BCUT2D eigenvalue weighted by Gasteiger charge is -2.13. The van der Waals surface area contributed by atoms with E-state index in [4.69, 9.17) is 11.6 Å². The molecule has 2 aromatic carbocycles. The van der Waals surface area contributed by atoms with E-state index in [9.17, 15) is 22.4 Å². The molecular weight excluding hydrogens is 465 g/mol. The largest absolute Gasteiger partial charge is 0.326 e. The third kappa shape index (κ3) is 5.72. The van der Waals surface area contributed by atoms with E-state index >= 15 is 0 Å². The zero-order chi connectivity index (χ0) is 22.6. The normalized spacial score (nSPS) is 17.7. The van der Waals surface area contributed by atoms with Crippen molar-refractivity contribution in [2.24, 2.45) is 4.40 Å². The zero-order valence-corrected chi connectivity index (χ0v) is 18.4.